The first kappa shape index (κ1) is 27.1. The highest BCUT2D eigenvalue weighted by molar-refractivity contribution is 7.89. The van der Waals surface area contributed by atoms with Crippen LogP contribution >= 0.6 is 11.6 Å². The van der Waals surface area contributed by atoms with E-state index in [0.717, 1.165) is 4.31 Å². The van der Waals surface area contributed by atoms with Gasteiger partial charge in [-0.25, -0.2) is 18.2 Å². The fraction of sp³-hybridized carbons (Fsp3) is 0.200. The third-order valence-electron chi connectivity index (χ3n) is 4.97. The fourth-order valence-corrected chi connectivity index (χ4v) is 4.71. The van der Waals surface area contributed by atoms with E-state index >= 15 is 0 Å². The van der Waals surface area contributed by atoms with Gasteiger partial charge in [-0.05, 0) is 61.0 Å². The Labute approximate surface area is 214 Å². The maximum Gasteiger partial charge on any atom is 0.255 e. The number of hydrogen-bond acceptors (Lipinski definition) is 6. The van der Waals surface area contributed by atoms with Gasteiger partial charge in [-0.1, -0.05) is 29.8 Å². The highest BCUT2D eigenvalue weighted by Gasteiger charge is 2.27. The summed E-state index contributed by atoms with van der Waals surface area (Å²) in [5.74, 6) is -0.232. The monoisotopic (exact) mass is 533 g/mol. The molecule has 0 fully saturated rings. The molecule has 3 aromatic rings. The molecule has 0 aliphatic heterocycles. The summed E-state index contributed by atoms with van der Waals surface area (Å²) < 4.78 is 52.4. The number of nitrogens with zero attached hydrogens (tertiary/aromatic N) is 2. The lowest BCUT2D eigenvalue weighted by molar-refractivity contribution is -0.121. The van der Waals surface area contributed by atoms with E-state index in [1.165, 1.54) is 55.8 Å². The van der Waals surface area contributed by atoms with Crippen LogP contribution in [0.4, 0.5) is 4.39 Å². The lowest BCUT2D eigenvalue weighted by Crippen LogP contribution is -2.39. The Morgan fingerprint density at radius 2 is 1.83 bits per heavy atom. The molecular weight excluding hydrogens is 509 g/mol. The molecule has 36 heavy (non-hydrogen) atoms. The summed E-state index contributed by atoms with van der Waals surface area (Å²) in [5, 5.41) is 4.26. The zero-order valence-corrected chi connectivity index (χ0v) is 21.2. The molecule has 0 unspecified atom stereocenters. The number of amides is 1. The van der Waals surface area contributed by atoms with Crippen molar-refractivity contribution in [2.45, 2.75) is 18.4 Å². The van der Waals surface area contributed by atoms with Crippen LogP contribution in [0.1, 0.15) is 18.1 Å². The van der Waals surface area contributed by atoms with Crippen LogP contribution in [-0.2, 0) is 21.4 Å². The molecule has 0 saturated heterocycles. The first-order chi connectivity index (χ1) is 17.2. The molecule has 3 aromatic carbocycles. The van der Waals surface area contributed by atoms with Crippen LogP contribution in [0, 0.1) is 5.82 Å². The molecule has 190 valence electrons. The van der Waals surface area contributed by atoms with Crippen molar-refractivity contribution in [1.29, 1.82) is 0 Å². The zero-order valence-electron chi connectivity index (χ0n) is 19.6. The Hall–Kier alpha value is -3.47. The summed E-state index contributed by atoms with van der Waals surface area (Å²) in [7, 11) is -2.65. The minimum absolute atomic E-state index is 0.0824. The van der Waals surface area contributed by atoms with Gasteiger partial charge in [0.15, 0.2) is 11.5 Å². The average molecular weight is 534 g/mol. The number of hydrazone groups is 1. The van der Waals surface area contributed by atoms with Crippen molar-refractivity contribution in [3.05, 3.63) is 88.7 Å². The topological polar surface area (TPSA) is 97.3 Å². The van der Waals surface area contributed by atoms with Crippen molar-refractivity contribution >= 4 is 33.7 Å². The van der Waals surface area contributed by atoms with Crippen LogP contribution in [0.3, 0.4) is 0 Å². The molecule has 0 aliphatic rings. The van der Waals surface area contributed by atoms with Crippen LogP contribution < -0.4 is 14.9 Å². The number of halogens is 2. The van der Waals surface area contributed by atoms with Crippen molar-refractivity contribution in [1.82, 2.24) is 9.73 Å². The van der Waals surface area contributed by atoms with E-state index in [2.05, 4.69) is 10.5 Å². The molecule has 11 heteroatoms. The number of carbonyl (C=O) groups excluding carboxylic acids is 1. The number of carbonyl (C=O) groups is 1. The van der Waals surface area contributed by atoms with Crippen molar-refractivity contribution in [2.75, 3.05) is 20.3 Å². The Bertz CT molecular complexity index is 1330. The molecule has 0 atom stereocenters. The van der Waals surface area contributed by atoms with Gasteiger partial charge in [0.2, 0.25) is 10.0 Å². The van der Waals surface area contributed by atoms with Gasteiger partial charge in [0, 0.05) is 17.1 Å². The number of benzene rings is 3. The van der Waals surface area contributed by atoms with Crippen molar-refractivity contribution < 1.29 is 27.1 Å². The fourth-order valence-electron chi connectivity index (χ4n) is 3.21. The lowest BCUT2D eigenvalue weighted by Gasteiger charge is -2.21. The second-order valence-electron chi connectivity index (χ2n) is 7.45. The molecular formula is C25H25ClFN3O5S. The minimum atomic E-state index is -4.16. The van der Waals surface area contributed by atoms with Gasteiger partial charge in [0.25, 0.3) is 5.91 Å². The lowest BCUT2D eigenvalue weighted by atomic mass is 10.2. The summed E-state index contributed by atoms with van der Waals surface area (Å²) in [5.41, 5.74) is 3.05. The predicted octanol–water partition coefficient (Wildman–Crippen LogP) is 4.23. The quantitative estimate of drug-likeness (QED) is 0.294. The highest BCUT2D eigenvalue weighted by atomic mass is 35.5. The van der Waals surface area contributed by atoms with E-state index in [1.54, 1.807) is 24.3 Å². The zero-order chi connectivity index (χ0) is 26.1. The first-order valence-electron chi connectivity index (χ1n) is 10.9. The Kier molecular flexibility index (Phi) is 9.40. The number of hydrogen-bond donors (Lipinski definition) is 1. The van der Waals surface area contributed by atoms with Crippen LogP contribution in [-0.4, -0.2) is 45.1 Å². The predicted molar refractivity (Wildman–Crippen MR) is 135 cm³/mol. The van der Waals surface area contributed by atoms with Crippen molar-refractivity contribution in [3.8, 4) is 11.5 Å². The molecule has 0 heterocycles. The van der Waals surface area contributed by atoms with Crippen molar-refractivity contribution in [3.63, 3.8) is 0 Å². The SMILES string of the molecule is CCOc1ccc(/C=N\NC(=O)CN(Cc2ccccc2F)S(=O)(=O)c2ccc(Cl)cc2)cc1OC. The summed E-state index contributed by atoms with van der Waals surface area (Å²) in [6.45, 7) is 1.38. The van der Waals surface area contributed by atoms with Gasteiger partial charge in [0.05, 0.1) is 31.4 Å². The Balaban J connectivity index is 1.78. The molecule has 8 nitrogen and oxygen atoms in total. The largest absolute Gasteiger partial charge is 0.493 e. The minimum Gasteiger partial charge on any atom is -0.493 e. The second-order valence-corrected chi connectivity index (χ2v) is 9.83. The molecule has 0 radical (unpaired) electrons. The summed E-state index contributed by atoms with van der Waals surface area (Å²) in [6, 6.07) is 16.3. The van der Waals surface area contributed by atoms with Crippen molar-refractivity contribution in [2.24, 2.45) is 5.10 Å². The Morgan fingerprint density at radius 3 is 2.50 bits per heavy atom. The molecule has 0 spiro atoms. The maximum atomic E-state index is 14.3. The van der Waals surface area contributed by atoms with Crippen LogP contribution in [0.15, 0.2) is 76.7 Å². The van der Waals surface area contributed by atoms with Gasteiger partial charge >= 0.3 is 0 Å². The van der Waals surface area contributed by atoms with E-state index < -0.39 is 28.3 Å². The average Bonchev–Trinajstić information content (AvgIpc) is 2.86. The number of nitrogens with one attached hydrogen (secondary N) is 1. The normalized spacial score (nSPS) is 11.6. The van der Waals surface area contributed by atoms with Gasteiger partial charge in [0.1, 0.15) is 5.82 Å². The van der Waals surface area contributed by atoms with Crippen LogP contribution in [0.5, 0.6) is 11.5 Å². The smallest absolute Gasteiger partial charge is 0.255 e. The van der Waals surface area contributed by atoms with Crippen LogP contribution in [0.25, 0.3) is 0 Å². The number of sulfonamides is 1. The third kappa shape index (κ3) is 7.03. The highest BCUT2D eigenvalue weighted by Crippen LogP contribution is 2.27. The molecule has 3 rings (SSSR count). The standard InChI is InChI=1S/C25H25ClFN3O5S/c1-3-35-23-13-8-18(14-24(23)34-2)15-28-29-25(31)17-30(16-19-6-4-5-7-22(19)27)36(32,33)21-11-9-20(26)10-12-21/h4-15H,3,16-17H2,1-2H3,(H,29,31)/b28-15-. The van der Waals surface area contributed by atoms with Gasteiger partial charge in [-0.3, -0.25) is 4.79 Å². The number of methoxy groups -OCH3 is 1. The first-order valence-corrected chi connectivity index (χ1v) is 12.7. The van der Waals surface area contributed by atoms with E-state index in [9.17, 15) is 17.6 Å². The molecule has 1 N–H and O–H groups in total. The molecule has 0 bridgehead atoms. The van der Waals surface area contributed by atoms with E-state index in [-0.39, 0.29) is 17.0 Å². The summed E-state index contributed by atoms with van der Waals surface area (Å²) >= 11 is 5.87. The molecule has 0 aliphatic carbocycles. The van der Waals surface area contributed by atoms with E-state index in [4.69, 9.17) is 21.1 Å². The van der Waals surface area contributed by atoms with Gasteiger partial charge in [-0.15, -0.1) is 0 Å². The molecule has 0 saturated carbocycles. The second kappa shape index (κ2) is 12.5. The van der Waals surface area contributed by atoms with Crippen LogP contribution in [0.2, 0.25) is 5.02 Å². The van der Waals surface area contributed by atoms with E-state index in [0.29, 0.717) is 28.7 Å². The molecule has 0 aromatic heterocycles. The van der Waals surface area contributed by atoms with Gasteiger partial charge < -0.3 is 9.47 Å². The summed E-state index contributed by atoms with van der Waals surface area (Å²) in [6.07, 6.45) is 1.38. The maximum absolute atomic E-state index is 14.3. The number of ether oxygens (including phenoxy) is 2. The van der Waals surface area contributed by atoms with E-state index in [1.807, 2.05) is 6.92 Å². The third-order valence-corrected chi connectivity index (χ3v) is 7.02. The van der Waals surface area contributed by atoms with Gasteiger partial charge in [-0.2, -0.15) is 9.41 Å². The number of rotatable bonds is 11. The Morgan fingerprint density at radius 1 is 1.11 bits per heavy atom. The molecule has 1 amide bonds. The summed E-state index contributed by atoms with van der Waals surface area (Å²) in [4.78, 5) is 12.5.